The zero-order valence-corrected chi connectivity index (χ0v) is 6.47. The van der Waals surface area contributed by atoms with Gasteiger partial charge in [0.15, 0.2) is 11.6 Å². The monoisotopic (exact) mass is 190 g/mol. The molecule has 2 N–H and O–H groups in total. The average Bonchev–Trinajstić information content (AvgIpc) is 1.96. The van der Waals surface area contributed by atoms with Crippen LogP contribution in [0.1, 0.15) is 10.4 Å². The first-order valence-corrected chi connectivity index (χ1v) is 3.31. The molecule has 0 fully saturated rings. The minimum absolute atomic E-state index is 0.0219. The third-order valence-electron chi connectivity index (χ3n) is 1.25. The largest absolute Gasteiger partial charge is 0.505 e. The number of aromatic carboxylic acids is 1. The Bertz CT molecular complexity index is 338. The van der Waals surface area contributed by atoms with E-state index in [1.807, 2.05) is 0 Å². The van der Waals surface area contributed by atoms with E-state index in [2.05, 4.69) is 0 Å². The zero-order valence-electron chi connectivity index (χ0n) is 5.71. The number of carboxylic acid groups (broad SMARTS) is 1. The van der Waals surface area contributed by atoms with E-state index >= 15 is 0 Å². The van der Waals surface area contributed by atoms with Crippen molar-refractivity contribution in [3.63, 3.8) is 0 Å². The number of phenolic OH excluding ortho intramolecular Hbond substituents is 1. The SMILES string of the molecule is O=C(O)c1cc(Cl)cc(O)c1F. The molecule has 0 saturated heterocycles. The highest BCUT2D eigenvalue weighted by Crippen LogP contribution is 2.24. The standard InChI is InChI=1S/C7H4ClFO3/c8-3-1-4(7(11)12)6(9)5(10)2-3/h1-2,10H,(H,11,12). The van der Waals surface area contributed by atoms with E-state index in [9.17, 15) is 9.18 Å². The first-order chi connectivity index (χ1) is 5.52. The summed E-state index contributed by atoms with van der Waals surface area (Å²) in [4.78, 5) is 10.3. The number of benzene rings is 1. The minimum Gasteiger partial charge on any atom is -0.505 e. The fourth-order valence-electron chi connectivity index (χ4n) is 0.730. The summed E-state index contributed by atoms with van der Waals surface area (Å²) < 4.78 is 12.7. The highest BCUT2D eigenvalue weighted by Gasteiger charge is 2.14. The van der Waals surface area contributed by atoms with Gasteiger partial charge >= 0.3 is 5.97 Å². The number of phenols is 1. The van der Waals surface area contributed by atoms with E-state index in [1.165, 1.54) is 0 Å². The molecule has 12 heavy (non-hydrogen) atoms. The zero-order chi connectivity index (χ0) is 9.30. The van der Waals surface area contributed by atoms with Crippen molar-refractivity contribution in [3.8, 4) is 5.75 Å². The molecule has 0 spiro atoms. The van der Waals surface area contributed by atoms with Crippen molar-refractivity contribution in [3.05, 3.63) is 28.5 Å². The Balaban J connectivity index is 3.37. The van der Waals surface area contributed by atoms with Crippen LogP contribution in [0.4, 0.5) is 4.39 Å². The summed E-state index contributed by atoms with van der Waals surface area (Å²) in [5, 5.41) is 17.2. The molecule has 0 aromatic heterocycles. The fourth-order valence-corrected chi connectivity index (χ4v) is 0.943. The Morgan fingerprint density at radius 2 is 2.08 bits per heavy atom. The number of hydrogen-bond acceptors (Lipinski definition) is 2. The number of hydrogen-bond donors (Lipinski definition) is 2. The Kier molecular flexibility index (Phi) is 2.19. The molecular formula is C7H4ClFO3. The summed E-state index contributed by atoms with van der Waals surface area (Å²) in [6.07, 6.45) is 0. The van der Waals surface area contributed by atoms with Gasteiger partial charge in [0.25, 0.3) is 0 Å². The van der Waals surface area contributed by atoms with Gasteiger partial charge in [-0.15, -0.1) is 0 Å². The van der Waals surface area contributed by atoms with E-state index < -0.39 is 23.1 Å². The summed E-state index contributed by atoms with van der Waals surface area (Å²) in [5.41, 5.74) is -0.639. The van der Waals surface area contributed by atoms with Gasteiger partial charge in [-0.2, -0.15) is 0 Å². The number of aromatic hydroxyl groups is 1. The smallest absolute Gasteiger partial charge is 0.338 e. The van der Waals surface area contributed by atoms with Crippen molar-refractivity contribution in [2.24, 2.45) is 0 Å². The van der Waals surface area contributed by atoms with Gasteiger partial charge in [0.1, 0.15) is 5.56 Å². The van der Waals surface area contributed by atoms with Crippen molar-refractivity contribution < 1.29 is 19.4 Å². The lowest BCUT2D eigenvalue weighted by Crippen LogP contribution is -2.00. The Labute approximate surface area is 72.0 Å². The van der Waals surface area contributed by atoms with Crippen LogP contribution < -0.4 is 0 Å². The third kappa shape index (κ3) is 1.48. The van der Waals surface area contributed by atoms with Gasteiger partial charge in [0.2, 0.25) is 0 Å². The lowest BCUT2D eigenvalue weighted by Gasteiger charge is -2.00. The first-order valence-electron chi connectivity index (χ1n) is 2.93. The molecular weight excluding hydrogens is 187 g/mol. The average molecular weight is 191 g/mol. The van der Waals surface area contributed by atoms with Gasteiger partial charge < -0.3 is 10.2 Å². The predicted octanol–water partition coefficient (Wildman–Crippen LogP) is 1.88. The topological polar surface area (TPSA) is 57.5 Å². The van der Waals surface area contributed by atoms with Gasteiger partial charge in [-0.1, -0.05) is 11.6 Å². The van der Waals surface area contributed by atoms with Gasteiger partial charge in [0.05, 0.1) is 0 Å². The van der Waals surface area contributed by atoms with Crippen molar-refractivity contribution in [2.75, 3.05) is 0 Å². The van der Waals surface area contributed by atoms with Crippen LogP contribution in [0.2, 0.25) is 5.02 Å². The molecule has 0 heterocycles. The van der Waals surface area contributed by atoms with Crippen LogP contribution in [0.15, 0.2) is 12.1 Å². The molecule has 0 aliphatic carbocycles. The molecule has 1 aromatic carbocycles. The highest BCUT2D eigenvalue weighted by atomic mass is 35.5. The molecule has 0 atom stereocenters. The number of rotatable bonds is 1. The Morgan fingerprint density at radius 3 is 2.58 bits per heavy atom. The lowest BCUT2D eigenvalue weighted by atomic mass is 10.2. The second kappa shape index (κ2) is 2.98. The van der Waals surface area contributed by atoms with Crippen molar-refractivity contribution >= 4 is 17.6 Å². The van der Waals surface area contributed by atoms with E-state index in [4.69, 9.17) is 21.8 Å². The minimum atomic E-state index is -1.47. The van der Waals surface area contributed by atoms with E-state index in [0.717, 1.165) is 12.1 Å². The van der Waals surface area contributed by atoms with Crippen LogP contribution >= 0.6 is 11.6 Å². The van der Waals surface area contributed by atoms with Gasteiger partial charge in [-0.25, -0.2) is 9.18 Å². The quantitative estimate of drug-likeness (QED) is 0.711. The van der Waals surface area contributed by atoms with Crippen LogP contribution in [0.3, 0.4) is 0 Å². The second-order valence-corrected chi connectivity index (χ2v) is 2.53. The predicted molar refractivity (Wildman–Crippen MR) is 40.0 cm³/mol. The molecule has 0 bridgehead atoms. The van der Waals surface area contributed by atoms with E-state index in [0.29, 0.717) is 0 Å². The maximum Gasteiger partial charge on any atom is 0.338 e. The van der Waals surface area contributed by atoms with Crippen LogP contribution in [0.25, 0.3) is 0 Å². The van der Waals surface area contributed by atoms with Crippen molar-refractivity contribution in [2.45, 2.75) is 0 Å². The molecule has 5 heteroatoms. The summed E-state index contributed by atoms with van der Waals surface area (Å²) in [5.74, 6) is -3.41. The lowest BCUT2D eigenvalue weighted by molar-refractivity contribution is 0.0691. The molecule has 0 unspecified atom stereocenters. The summed E-state index contributed by atoms with van der Waals surface area (Å²) in [6.45, 7) is 0. The van der Waals surface area contributed by atoms with Gasteiger partial charge in [0, 0.05) is 11.1 Å². The third-order valence-corrected chi connectivity index (χ3v) is 1.47. The van der Waals surface area contributed by atoms with Crippen molar-refractivity contribution in [1.82, 2.24) is 0 Å². The maximum atomic E-state index is 12.7. The van der Waals surface area contributed by atoms with Crippen LogP contribution in [-0.4, -0.2) is 16.2 Å². The Morgan fingerprint density at radius 1 is 1.50 bits per heavy atom. The molecule has 1 aromatic rings. The normalized spacial score (nSPS) is 9.83. The molecule has 1 rings (SSSR count). The molecule has 0 radical (unpaired) electrons. The summed E-state index contributed by atoms with van der Waals surface area (Å²) in [7, 11) is 0. The molecule has 3 nitrogen and oxygen atoms in total. The number of carboxylic acids is 1. The summed E-state index contributed by atoms with van der Waals surface area (Å²) in [6, 6.07) is 1.86. The van der Waals surface area contributed by atoms with Crippen LogP contribution in [-0.2, 0) is 0 Å². The fraction of sp³-hybridized carbons (Fsp3) is 0. The molecule has 0 saturated carbocycles. The highest BCUT2D eigenvalue weighted by molar-refractivity contribution is 6.31. The van der Waals surface area contributed by atoms with E-state index in [-0.39, 0.29) is 5.02 Å². The van der Waals surface area contributed by atoms with Gasteiger partial charge in [-0.3, -0.25) is 0 Å². The van der Waals surface area contributed by atoms with Crippen LogP contribution in [0, 0.1) is 5.82 Å². The van der Waals surface area contributed by atoms with Crippen LogP contribution in [0.5, 0.6) is 5.75 Å². The molecule has 0 aliphatic rings. The number of halogens is 2. The Hall–Kier alpha value is -1.29. The molecule has 0 amide bonds. The molecule has 0 aliphatic heterocycles. The molecule has 64 valence electrons. The number of carbonyl (C=O) groups is 1. The second-order valence-electron chi connectivity index (χ2n) is 2.09. The van der Waals surface area contributed by atoms with E-state index in [1.54, 1.807) is 0 Å². The maximum absolute atomic E-state index is 12.7. The summed E-state index contributed by atoms with van der Waals surface area (Å²) >= 11 is 5.38. The van der Waals surface area contributed by atoms with Gasteiger partial charge in [-0.05, 0) is 6.07 Å². The first kappa shape index (κ1) is 8.80. The van der Waals surface area contributed by atoms with Crippen molar-refractivity contribution in [1.29, 1.82) is 0 Å².